The third kappa shape index (κ3) is 3.83. The van der Waals surface area contributed by atoms with Gasteiger partial charge in [0.2, 0.25) is 6.54 Å². The highest BCUT2D eigenvalue weighted by Gasteiger charge is 2.24. The third-order valence-electron chi connectivity index (χ3n) is 5.34. The van der Waals surface area contributed by atoms with E-state index in [0.29, 0.717) is 0 Å². The molecule has 4 rings (SSSR count). The van der Waals surface area contributed by atoms with Crippen molar-refractivity contribution in [2.24, 2.45) is 0 Å². The summed E-state index contributed by atoms with van der Waals surface area (Å²) in [5.41, 5.74) is 5.50. The molecule has 1 unspecified atom stereocenters. The van der Waals surface area contributed by atoms with Crippen LogP contribution in [-0.2, 0) is 13.0 Å². The predicted molar refractivity (Wildman–Crippen MR) is 109 cm³/mol. The molecular weight excluding hydrogens is 352 g/mol. The summed E-state index contributed by atoms with van der Waals surface area (Å²) in [6, 6.07) is 23.3. The lowest BCUT2D eigenvalue weighted by Gasteiger charge is -2.20. The van der Waals surface area contributed by atoms with Gasteiger partial charge < -0.3 is 10.0 Å². The number of nitrogens with zero attached hydrogens (tertiary/aromatic N) is 2. The van der Waals surface area contributed by atoms with E-state index in [-0.39, 0.29) is 23.1 Å². The van der Waals surface area contributed by atoms with Gasteiger partial charge in [-0.1, -0.05) is 54.6 Å². The van der Waals surface area contributed by atoms with Crippen LogP contribution in [0.5, 0.6) is 5.75 Å². The molecule has 28 heavy (non-hydrogen) atoms. The van der Waals surface area contributed by atoms with Crippen LogP contribution in [0.1, 0.15) is 28.2 Å². The Labute approximate surface area is 164 Å². The minimum atomic E-state index is -0.330. The molecule has 0 fully saturated rings. The van der Waals surface area contributed by atoms with Gasteiger partial charge in [-0.15, -0.1) is 0 Å². The average Bonchev–Trinajstić information content (AvgIpc) is 3.09. The van der Waals surface area contributed by atoms with Crippen LogP contribution in [0.3, 0.4) is 0 Å². The molecule has 0 radical (unpaired) electrons. The van der Waals surface area contributed by atoms with Crippen LogP contribution in [-0.4, -0.2) is 23.1 Å². The maximum absolute atomic E-state index is 11.3. The van der Waals surface area contributed by atoms with Crippen LogP contribution in [0.25, 0.3) is 0 Å². The first-order valence-electron chi connectivity index (χ1n) is 9.42. The minimum absolute atomic E-state index is 0.161. The Hall–Kier alpha value is -3.34. The Bertz CT molecular complexity index is 971. The molecule has 0 spiro atoms. The number of phenolic OH excluding ortho intramolecular Hbond substituents is 1. The monoisotopic (exact) mass is 374 g/mol. The number of hydrogen-bond donors (Lipinski definition) is 1. The first-order chi connectivity index (χ1) is 13.6. The zero-order valence-corrected chi connectivity index (χ0v) is 15.5. The van der Waals surface area contributed by atoms with Crippen molar-refractivity contribution >= 4 is 5.69 Å². The average molecular weight is 374 g/mol. The lowest BCUT2D eigenvalue weighted by molar-refractivity contribution is -0.481. The third-order valence-corrected chi connectivity index (χ3v) is 5.34. The number of hydrogen-bond acceptors (Lipinski definition) is 4. The molecule has 1 heterocycles. The molecule has 0 aliphatic carbocycles. The molecule has 0 saturated heterocycles. The van der Waals surface area contributed by atoms with Crippen molar-refractivity contribution in [1.29, 1.82) is 0 Å². The van der Waals surface area contributed by atoms with E-state index in [1.54, 1.807) is 24.3 Å². The van der Waals surface area contributed by atoms with E-state index in [1.807, 2.05) is 12.1 Å². The Morgan fingerprint density at radius 2 is 1.71 bits per heavy atom. The van der Waals surface area contributed by atoms with Crippen LogP contribution >= 0.6 is 0 Å². The zero-order valence-electron chi connectivity index (χ0n) is 15.5. The van der Waals surface area contributed by atoms with Crippen molar-refractivity contribution < 1.29 is 10.0 Å². The second kappa shape index (κ2) is 7.72. The number of phenols is 1. The van der Waals surface area contributed by atoms with Gasteiger partial charge in [-0.05, 0) is 46.9 Å². The fraction of sp³-hybridized carbons (Fsp3) is 0.217. The highest BCUT2D eigenvalue weighted by molar-refractivity contribution is 5.60. The number of benzene rings is 3. The maximum Gasteiger partial charge on any atom is 0.214 e. The summed E-state index contributed by atoms with van der Waals surface area (Å²) in [5.74, 6) is -0.168. The van der Waals surface area contributed by atoms with Gasteiger partial charge in [-0.3, -0.25) is 10.1 Å². The number of anilines is 1. The van der Waals surface area contributed by atoms with Crippen LogP contribution in [0.15, 0.2) is 72.8 Å². The Kier molecular flexibility index (Phi) is 4.98. The summed E-state index contributed by atoms with van der Waals surface area (Å²) >= 11 is 0. The molecule has 0 amide bonds. The summed E-state index contributed by atoms with van der Waals surface area (Å²) in [7, 11) is 0. The van der Waals surface area contributed by atoms with Crippen molar-refractivity contribution in [3.63, 3.8) is 0 Å². The van der Waals surface area contributed by atoms with Crippen molar-refractivity contribution in [2.45, 2.75) is 18.9 Å². The number of rotatable bonds is 6. The second-order valence-electron chi connectivity index (χ2n) is 7.20. The lowest BCUT2D eigenvalue weighted by atomic mass is 9.90. The minimum Gasteiger partial charge on any atom is -0.508 e. The number of aromatic hydroxyl groups is 1. The predicted octanol–water partition coefficient (Wildman–Crippen LogP) is 4.36. The van der Waals surface area contributed by atoms with Gasteiger partial charge in [0.1, 0.15) is 5.75 Å². The van der Waals surface area contributed by atoms with Gasteiger partial charge in [-0.2, -0.15) is 0 Å². The number of nitro groups is 1. The standard InChI is InChI=1S/C23H22N2O3/c26-21-9-6-18(7-10-21)22(16-25(27)28)19-8-11-23-20(14-19)12-13-24(23)15-17-4-2-1-3-5-17/h1-11,14,22,26H,12-13,15-16H2. The fourth-order valence-corrected chi connectivity index (χ4v) is 3.93. The molecule has 3 aromatic rings. The Morgan fingerprint density at radius 3 is 2.43 bits per heavy atom. The van der Waals surface area contributed by atoms with Gasteiger partial charge >= 0.3 is 0 Å². The SMILES string of the molecule is O=[N+]([O-])CC(c1ccc(O)cc1)c1ccc2c(c1)CCN2Cc1ccccc1. The van der Waals surface area contributed by atoms with Crippen molar-refractivity contribution in [1.82, 2.24) is 0 Å². The van der Waals surface area contributed by atoms with E-state index in [9.17, 15) is 15.2 Å². The van der Waals surface area contributed by atoms with Gasteiger partial charge in [-0.25, -0.2) is 0 Å². The van der Waals surface area contributed by atoms with Gasteiger partial charge in [0, 0.05) is 23.7 Å². The van der Waals surface area contributed by atoms with Gasteiger partial charge in [0.25, 0.3) is 0 Å². The molecule has 0 aromatic heterocycles. The first-order valence-corrected chi connectivity index (χ1v) is 9.42. The molecule has 0 bridgehead atoms. The summed E-state index contributed by atoms with van der Waals surface area (Å²) in [6.07, 6.45) is 0.941. The molecule has 3 aromatic carbocycles. The molecule has 5 nitrogen and oxygen atoms in total. The Morgan fingerprint density at radius 1 is 1.00 bits per heavy atom. The molecule has 142 valence electrons. The highest BCUT2D eigenvalue weighted by atomic mass is 16.6. The molecule has 1 atom stereocenters. The molecule has 5 heteroatoms. The van der Waals surface area contributed by atoms with E-state index < -0.39 is 0 Å². The molecular formula is C23H22N2O3. The van der Waals surface area contributed by atoms with Crippen LogP contribution in [0, 0.1) is 10.1 Å². The smallest absolute Gasteiger partial charge is 0.214 e. The highest BCUT2D eigenvalue weighted by Crippen LogP contribution is 2.34. The van der Waals surface area contributed by atoms with Gasteiger partial charge in [0.05, 0.1) is 5.92 Å². The van der Waals surface area contributed by atoms with Crippen molar-refractivity contribution in [2.75, 3.05) is 18.0 Å². The van der Waals surface area contributed by atoms with Gasteiger partial charge in [0.15, 0.2) is 0 Å². The summed E-state index contributed by atoms with van der Waals surface area (Å²) in [5, 5.41) is 20.8. The summed E-state index contributed by atoms with van der Waals surface area (Å²) in [4.78, 5) is 13.3. The topological polar surface area (TPSA) is 66.6 Å². The largest absolute Gasteiger partial charge is 0.508 e. The normalized spacial score (nSPS) is 13.9. The van der Waals surface area contributed by atoms with Crippen LogP contribution in [0.4, 0.5) is 5.69 Å². The summed E-state index contributed by atoms with van der Waals surface area (Å²) < 4.78 is 0. The van der Waals surface area contributed by atoms with E-state index in [2.05, 4.69) is 41.3 Å². The van der Waals surface area contributed by atoms with E-state index in [4.69, 9.17) is 0 Å². The van der Waals surface area contributed by atoms with Crippen LogP contribution in [0.2, 0.25) is 0 Å². The van der Waals surface area contributed by atoms with Crippen molar-refractivity contribution in [3.05, 3.63) is 105 Å². The Balaban J connectivity index is 1.61. The molecule has 1 aliphatic heterocycles. The van der Waals surface area contributed by atoms with E-state index >= 15 is 0 Å². The second-order valence-corrected chi connectivity index (χ2v) is 7.20. The summed E-state index contributed by atoms with van der Waals surface area (Å²) in [6.45, 7) is 1.65. The first kappa shape index (κ1) is 18.0. The van der Waals surface area contributed by atoms with Crippen molar-refractivity contribution in [3.8, 4) is 5.75 Å². The lowest BCUT2D eigenvalue weighted by Crippen LogP contribution is -2.19. The fourth-order valence-electron chi connectivity index (χ4n) is 3.93. The molecule has 0 saturated carbocycles. The van der Waals surface area contributed by atoms with Crippen LogP contribution < -0.4 is 4.90 Å². The van der Waals surface area contributed by atoms with E-state index in [1.165, 1.54) is 16.8 Å². The molecule has 1 aliphatic rings. The maximum atomic E-state index is 11.3. The molecule has 1 N–H and O–H groups in total. The zero-order chi connectivity index (χ0) is 19.5. The quantitative estimate of drug-likeness (QED) is 0.514. The number of fused-ring (bicyclic) bond motifs is 1. The van der Waals surface area contributed by atoms with E-state index in [0.717, 1.165) is 30.6 Å².